The largest absolute Gasteiger partial charge is 0.493 e. The third-order valence-electron chi connectivity index (χ3n) is 3.91. The van der Waals surface area contributed by atoms with Crippen molar-refractivity contribution in [3.8, 4) is 17.2 Å². The molecule has 0 bridgehead atoms. The van der Waals surface area contributed by atoms with Crippen molar-refractivity contribution < 1.29 is 23.8 Å². The average Bonchev–Trinajstić information content (AvgIpc) is 2.74. The third-order valence-corrected chi connectivity index (χ3v) is 3.91. The van der Waals surface area contributed by atoms with E-state index in [9.17, 15) is 9.59 Å². The Morgan fingerprint density at radius 1 is 0.966 bits per heavy atom. The zero-order valence-electron chi connectivity index (χ0n) is 17.0. The first kappa shape index (κ1) is 21.7. The van der Waals surface area contributed by atoms with Crippen LogP contribution in [0.25, 0.3) is 0 Å². The van der Waals surface area contributed by atoms with Gasteiger partial charge in [-0.3, -0.25) is 9.59 Å². The molecular weight excluding hydrogens is 374 g/mol. The minimum atomic E-state index is -0.391. The molecule has 0 spiro atoms. The predicted molar refractivity (Wildman–Crippen MR) is 109 cm³/mol. The molecule has 154 valence electrons. The van der Waals surface area contributed by atoms with Crippen LogP contribution in [0.3, 0.4) is 0 Å². The topological polar surface area (TPSA) is 89.5 Å². The summed E-state index contributed by atoms with van der Waals surface area (Å²) >= 11 is 0. The molecule has 2 amide bonds. The predicted octanol–water partition coefficient (Wildman–Crippen LogP) is 2.08. The van der Waals surface area contributed by atoms with Crippen molar-refractivity contribution >= 4 is 17.5 Å². The van der Waals surface area contributed by atoms with Gasteiger partial charge in [0.2, 0.25) is 0 Å². The van der Waals surface area contributed by atoms with Gasteiger partial charge in [0.15, 0.2) is 24.7 Å². The van der Waals surface area contributed by atoms with Crippen molar-refractivity contribution in [2.45, 2.75) is 6.92 Å². The van der Waals surface area contributed by atoms with Crippen molar-refractivity contribution in [3.63, 3.8) is 0 Å². The van der Waals surface area contributed by atoms with Crippen LogP contribution in [0.15, 0.2) is 53.6 Å². The number of nitrogens with one attached hydrogen (secondary N) is 1. The van der Waals surface area contributed by atoms with Crippen LogP contribution in [-0.2, 0) is 9.59 Å². The van der Waals surface area contributed by atoms with Gasteiger partial charge < -0.3 is 19.1 Å². The van der Waals surface area contributed by atoms with E-state index in [-0.39, 0.29) is 19.1 Å². The minimum absolute atomic E-state index is 0.0261. The standard InChI is InChI=1S/C21H25N3O5/c1-15(16-9-11-17(12-10-16)28-14-21(26)24(2)3)22-23-20(25)13-29-19-8-6-5-7-18(19)27-4/h5-12H,13-14H2,1-4H3,(H,23,25)/b22-15-. The molecule has 2 rings (SSSR count). The Kier molecular flexibility index (Phi) is 8.02. The van der Waals surface area contributed by atoms with Gasteiger partial charge in [-0.15, -0.1) is 0 Å². The molecule has 0 aliphatic carbocycles. The molecule has 0 saturated heterocycles. The molecule has 2 aromatic rings. The Labute approximate surface area is 170 Å². The van der Waals surface area contributed by atoms with E-state index in [4.69, 9.17) is 14.2 Å². The lowest BCUT2D eigenvalue weighted by Gasteiger charge is -2.11. The third kappa shape index (κ3) is 6.84. The molecule has 8 nitrogen and oxygen atoms in total. The number of carbonyl (C=O) groups is 2. The number of hydrogen-bond donors (Lipinski definition) is 1. The fourth-order valence-corrected chi connectivity index (χ4v) is 2.19. The molecule has 1 N–H and O–H groups in total. The van der Waals surface area contributed by atoms with E-state index in [0.29, 0.717) is 23.0 Å². The van der Waals surface area contributed by atoms with Crippen LogP contribution < -0.4 is 19.6 Å². The van der Waals surface area contributed by atoms with Gasteiger partial charge in [0.1, 0.15) is 5.75 Å². The molecule has 29 heavy (non-hydrogen) atoms. The average molecular weight is 399 g/mol. The number of likely N-dealkylation sites (N-methyl/N-ethyl adjacent to an activating group) is 1. The molecule has 8 heteroatoms. The fourth-order valence-electron chi connectivity index (χ4n) is 2.19. The fraction of sp³-hybridized carbons (Fsp3) is 0.286. The Hall–Kier alpha value is -3.55. The summed E-state index contributed by atoms with van der Waals surface area (Å²) in [6.07, 6.45) is 0. The van der Waals surface area contributed by atoms with Crippen LogP contribution in [0.1, 0.15) is 12.5 Å². The van der Waals surface area contributed by atoms with Gasteiger partial charge in [0.05, 0.1) is 12.8 Å². The Morgan fingerprint density at radius 2 is 1.62 bits per heavy atom. The molecule has 0 heterocycles. The molecule has 0 aromatic heterocycles. The van der Waals surface area contributed by atoms with E-state index in [0.717, 1.165) is 5.56 Å². The minimum Gasteiger partial charge on any atom is -0.493 e. The molecule has 0 fully saturated rings. The van der Waals surface area contributed by atoms with Gasteiger partial charge in [0.25, 0.3) is 11.8 Å². The quantitative estimate of drug-likeness (QED) is 0.515. The van der Waals surface area contributed by atoms with Crippen LogP contribution in [-0.4, -0.2) is 56.8 Å². The van der Waals surface area contributed by atoms with Crippen LogP contribution in [0.2, 0.25) is 0 Å². The van der Waals surface area contributed by atoms with E-state index in [2.05, 4.69) is 10.5 Å². The van der Waals surface area contributed by atoms with Gasteiger partial charge in [-0.25, -0.2) is 5.43 Å². The summed E-state index contributed by atoms with van der Waals surface area (Å²) in [6.45, 7) is 1.55. The normalized spacial score (nSPS) is 10.8. The van der Waals surface area contributed by atoms with E-state index in [1.54, 1.807) is 63.5 Å². The number of amides is 2. The molecule has 0 radical (unpaired) electrons. The molecule has 0 aliphatic rings. The maximum atomic E-state index is 12.0. The highest BCUT2D eigenvalue weighted by Gasteiger charge is 2.08. The molecular formula is C21H25N3O5. The van der Waals surface area contributed by atoms with E-state index < -0.39 is 5.91 Å². The first-order valence-electron chi connectivity index (χ1n) is 8.93. The molecule has 0 aliphatic heterocycles. The number of nitrogens with zero attached hydrogens (tertiary/aromatic N) is 2. The summed E-state index contributed by atoms with van der Waals surface area (Å²) in [7, 11) is 4.88. The number of rotatable bonds is 9. The van der Waals surface area contributed by atoms with Gasteiger partial charge >= 0.3 is 0 Å². The van der Waals surface area contributed by atoms with Crippen LogP contribution in [0.4, 0.5) is 0 Å². The molecule has 0 saturated carbocycles. The number of methoxy groups -OCH3 is 1. The van der Waals surface area contributed by atoms with Gasteiger partial charge in [0, 0.05) is 14.1 Å². The monoisotopic (exact) mass is 399 g/mol. The molecule has 0 unspecified atom stereocenters. The highest BCUT2D eigenvalue weighted by Crippen LogP contribution is 2.25. The van der Waals surface area contributed by atoms with Crippen molar-refractivity contribution in [2.24, 2.45) is 5.10 Å². The van der Waals surface area contributed by atoms with Gasteiger partial charge in [-0.2, -0.15) is 5.10 Å². The van der Waals surface area contributed by atoms with Crippen molar-refractivity contribution in [2.75, 3.05) is 34.4 Å². The Morgan fingerprint density at radius 3 is 2.24 bits per heavy atom. The number of benzene rings is 2. The van der Waals surface area contributed by atoms with E-state index >= 15 is 0 Å². The number of carbonyl (C=O) groups excluding carboxylic acids is 2. The summed E-state index contributed by atoms with van der Waals surface area (Å²) in [5.41, 5.74) is 3.88. The van der Waals surface area contributed by atoms with Crippen LogP contribution >= 0.6 is 0 Å². The number of ether oxygens (including phenoxy) is 3. The number of hydrazone groups is 1. The number of hydrogen-bond acceptors (Lipinski definition) is 6. The summed E-state index contributed by atoms with van der Waals surface area (Å²) in [5, 5.41) is 4.08. The zero-order chi connectivity index (χ0) is 21.2. The van der Waals surface area contributed by atoms with Crippen LogP contribution in [0, 0.1) is 0 Å². The second kappa shape index (κ2) is 10.7. The maximum Gasteiger partial charge on any atom is 0.277 e. The van der Waals surface area contributed by atoms with Gasteiger partial charge in [-0.05, 0) is 48.9 Å². The first-order valence-corrected chi connectivity index (χ1v) is 8.93. The molecule has 2 aromatic carbocycles. The maximum absolute atomic E-state index is 12.0. The lowest BCUT2D eigenvalue weighted by Crippen LogP contribution is -2.27. The van der Waals surface area contributed by atoms with Crippen LogP contribution in [0.5, 0.6) is 17.2 Å². The molecule has 0 atom stereocenters. The Balaban J connectivity index is 1.85. The summed E-state index contributed by atoms with van der Waals surface area (Å²) in [5.74, 6) is 1.09. The van der Waals surface area contributed by atoms with Crippen molar-refractivity contribution in [3.05, 3.63) is 54.1 Å². The zero-order valence-corrected chi connectivity index (χ0v) is 17.0. The lowest BCUT2D eigenvalue weighted by atomic mass is 10.1. The second-order valence-electron chi connectivity index (χ2n) is 6.27. The van der Waals surface area contributed by atoms with E-state index in [1.165, 1.54) is 12.0 Å². The number of para-hydroxylation sites is 2. The highest BCUT2D eigenvalue weighted by atomic mass is 16.5. The summed E-state index contributed by atoms with van der Waals surface area (Å²) < 4.78 is 16.0. The summed E-state index contributed by atoms with van der Waals surface area (Å²) in [4.78, 5) is 25.0. The second-order valence-corrected chi connectivity index (χ2v) is 6.27. The lowest BCUT2D eigenvalue weighted by molar-refractivity contribution is -0.130. The first-order chi connectivity index (χ1) is 13.9. The highest BCUT2D eigenvalue weighted by molar-refractivity contribution is 5.99. The SMILES string of the molecule is COc1ccccc1OCC(=O)N/N=C(/C)c1ccc(OCC(=O)N(C)C)cc1. The van der Waals surface area contributed by atoms with Gasteiger partial charge in [-0.1, -0.05) is 12.1 Å². The van der Waals surface area contributed by atoms with E-state index in [1.807, 2.05) is 6.07 Å². The summed E-state index contributed by atoms with van der Waals surface area (Å²) in [6, 6.07) is 14.2. The van der Waals surface area contributed by atoms with Crippen molar-refractivity contribution in [1.82, 2.24) is 10.3 Å². The Bertz CT molecular complexity index is 863. The van der Waals surface area contributed by atoms with Crippen molar-refractivity contribution in [1.29, 1.82) is 0 Å². The smallest absolute Gasteiger partial charge is 0.277 e.